The molecule has 25 heavy (non-hydrogen) atoms. The number of hydrogen-bond donors (Lipinski definition) is 0. The zero-order valence-corrected chi connectivity index (χ0v) is 15.0. The van der Waals surface area contributed by atoms with E-state index in [0.29, 0.717) is 19.7 Å². The quantitative estimate of drug-likeness (QED) is 0.854. The smallest absolute Gasteiger partial charge is 0.253 e. The minimum absolute atomic E-state index is 0.0821. The van der Waals surface area contributed by atoms with E-state index < -0.39 is 0 Å². The van der Waals surface area contributed by atoms with Crippen molar-refractivity contribution >= 4 is 11.7 Å². The van der Waals surface area contributed by atoms with Crippen LogP contribution < -0.4 is 4.90 Å². The van der Waals surface area contributed by atoms with Crippen molar-refractivity contribution < 1.29 is 9.53 Å². The van der Waals surface area contributed by atoms with Crippen LogP contribution in [0.3, 0.4) is 0 Å². The van der Waals surface area contributed by atoms with E-state index >= 15 is 0 Å². The van der Waals surface area contributed by atoms with Gasteiger partial charge in [-0.15, -0.1) is 0 Å². The monoisotopic (exact) mass is 340 g/mol. The van der Waals surface area contributed by atoms with E-state index in [2.05, 4.69) is 14.9 Å². The zero-order valence-electron chi connectivity index (χ0n) is 15.0. The van der Waals surface area contributed by atoms with Crippen LogP contribution in [0.5, 0.6) is 0 Å². The summed E-state index contributed by atoms with van der Waals surface area (Å²) in [7, 11) is 1.67. The predicted octanol–water partition coefficient (Wildman–Crippen LogP) is 2.20. The molecule has 2 aromatic rings. The summed E-state index contributed by atoms with van der Waals surface area (Å²) in [6.45, 7) is 7.40. The maximum absolute atomic E-state index is 12.7. The molecule has 1 amide bonds. The number of rotatable bonds is 4. The van der Waals surface area contributed by atoms with Crippen molar-refractivity contribution in [3.63, 3.8) is 0 Å². The molecule has 0 spiro atoms. The molecule has 0 N–H and O–H groups in total. The molecule has 132 valence electrons. The van der Waals surface area contributed by atoms with Crippen molar-refractivity contribution in [3.8, 4) is 0 Å². The van der Waals surface area contributed by atoms with Crippen molar-refractivity contribution in [3.05, 3.63) is 53.0 Å². The van der Waals surface area contributed by atoms with Crippen LogP contribution in [-0.2, 0) is 11.3 Å². The Balaban J connectivity index is 1.62. The fourth-order valence-corrected chi connectivity index (χ4v) is 3.09. The van der Waals surface area contributed by atoms with E-state index in [4.69, 9.17) is 4.74 Å². The Kier molecular flexibility index (Phi) is 5.28. The second kappa shape index (κ2) is 7.61. The van der Waals surface area contributed by atoms with Gasteiger partial charge in [-0.3, -0.25) is 4.79 Å². The Bertz CT molecular complexity index is 717. The third-order valence-corrected chi connectivity index (χ3v) is 4.36. The van der Waals surface area contributed by atoms with E-state index in [1.54, 1.807) is 7.11 Å². The number of methoxy groups -OCH3 is 1. The highest BCUT2D eigenvalue weighted by Gasteiger charge is 2.23. The molecule has 0 bridgehead atoms. The van der Waals surface area contributed by atoms with Gasteiger partial charge in [-0.25, -0.2) is 9.97 Å². The molecular weight excluding hydrogens is 316 g/mol. The highest BCUT2D eigenvalue weighted by molar-refractivity contribution is 5.94. The highest BCUT2D eigenvalue weighted by Crippen LogP contribution is 2.16. The van der Waals surface area contributed by atoms with Crippen molar-refractivity contribution in [1.29, 1.82) is 0 Å². The van der Waals surface area contributed by atoms with Crippen molar-refractivity contribution in [2.75, 3.05) is 38.2 Å². The molecule has 0 unspecified atom stereocenters. The summed E-state index contributed by atoms with van der Waals surface area (Å²) in [6.07, 6.45) is 0. The topological polar surface area (TPSA) is 58.6 Å². The van der Waals surface area contributed by atoms with Crippen molar-refractivity contribution in [1.82, 2.24) is 14.9 Å². The number of hydrogen-bond acceptors (Lipinski definition) is 5. The SMILES string of the molecule is COCc1ccc(C(=O)N2CCN(c3cc(C)nc(C)n3)CC2)cc1. The number of ether oxygens (including phenoxy) is 1. The number of carbonyl (C=O) groups is 1. The minimum Gasteiger partial charge on any atom is -0.380 e. The van der Waals surface area contributed by atoms with E-state index in [1.807, 2.05) is 49.1 Å². The largest absolute Gasteiger partial charge is 0.380 e. The van der Waals surface area contributed by atoms with Gasteiger partial charge in [0, 0.05) is 50.6 Å². The second-order valence-corrected chi connectivity index (χ2v) is 6.32. The molecule has 0 radical (unpaired) electrons. The number of nitrogens with zero attached hydrogens (tertiary/aromatic N) is 4. The fraction of sp³-hybridized carbons (Fsp3) is 0.421. The van der Waals surface area contributed by atoms with Crippen LogP contribution >= 0.6 is 0 Å². The third kappa shape index (κ3) is 4.14. The molecule has 1 aliphatic rings. The summed E-state index contributed by atoms with van der Waals surface area (Å²) in [4.78, 5) is 25.6. The van der Waals surface area contributed by atoms with Crippen LogP contribution in [0.4, 0.5) is 5.82 Å². The van der Waals surface area contributed by atoms with Crippen LogP contribution in [0.15, 0.2) is 30.3 Å². The standard InChI is InChI=1S/C19H24N4O2/c1-14-12-18(21-15(2)20-14)22-8-10-23(11-9-22)19(24)17-6-4-16(5-7-17)13-25-3/h4-7,12H,8-11,13H2,1-3H3. The molecule has 0 aliphatic carbocycles. The number of amides is 1. The van der Waals surface area contributed by atoms with Gasteiger partial charge in [0.05, 0.1) is 6.61 Å². The third-order valence-electron chi connectivity index (χ3n) is 4.36. The molecular formula is C19H24N4O2. The maximum Gasteiger partial charge on any atom is 0.253 e. The Labute approximate surface area is 148 Å². The van der Waals surface area contributed by atoms with Gasteiger partial charge in [-0.2, -0.15) is 0 Å². The molecule has 6 heteroatoms. The van der Waals surface area contributed by atoms with E-state index in [-0.39, 0.29) is 5.91 Å². The first-order valence-corrected chi connectivity index (χ1v) is 8.51. The number of carbonyl (C=O) groups excluding carboxylic acids is 1. The Hall–Kier alpha value is -2.47. The van der Waals surface area contributed by atoms with Gasteiger partial charge in [-0.1, -0.05) is 12.1 Å². The van der Waals surface area contributed by atoms with Gasteiger partial charge in [0.2, 0.25) is 0 Å². The van der Waals surface area contributed by atoms with Crippen LogP contribution in [-0.4, -0.2) is 54.1 Å². The van der Waals surface area contributed by atoms with Gasteiger partial charge in [0.1, 0.15) is 11.6 Å². The summed E-state index contributed by atoms with van der Waals surface area (Å²) >= 11 is 0. The normalized spacial score (nSPS) is 14.7. The first kappa shape index (κ1) is 17.4. The number of benzene rings is 1. The Morgan fingerprint density at radius 3 is 2.36 bits per heavy atom. The molecule has 0 saturated carbocycles. The minimum atomic E-state index is 0.0821. The number of aryl methyl sites for hydroxylation is 2. The molecule has 1 aromatic heterocycles. The van der Waals surface area contributed by atoms with Crippen LogP contribution in [0.1, 0.15) is 27.4 Å². The first-order chi connectivity index (χ1) is 12.1. The first-order valence-electron chi connectivity index (χ1n) is 8.51. The van der Waals surface area contributed by atoms with Gasteiger partial charge >= 0.3 is 0 Å². The number of piperazine rings is 1. The maximum atomic E-state index is 12.7. The zero-order chi connectivity index (χ0) is 17.8. The number of aromatic nitrogens is 2. The summed E-state index contributed by atoms with van der Waals surface area (Å²) in [6, 6.07) is 9.64. The summed E-state index contributed by atoms with van der Waals surface area (Å²) < 4.78 is 5.10. The Morgan fingerprint density at radius 2 is 1.76 bits per heavy atom. The average molecular weight is 340 g/mol. The van der Waals surface area contributed by atoms with Crippen molar-refractivity contribution in [2.24, 2.45) is 0 Å². The lowest BCUT2D eigenvalue weighted by molar-refractivity contribution is 0.0746. The molecule has 1 fully saturated rings. The molecule has 1 saturated heterocycles. The molecule has 1 aliphatic heterocycles. The van der Waals surface area contributed by atoms with Crippen LogP contribution in [0.2, 0.25) is 0 Å². The molecule has 0 atom stereocenters. The van der Waals surface area contributed by atoms with Gasteiger partial charge in [0.25, 0.3) is 5.91 Å². The molecule has 1 aromatic carbocycles. The summed E-state index contributed by atoms with van der Waals surface area (Å²) in [5, 5.41) is 0. The highest BCUT2D eigenvalue weighted by atomic mass is 16.5. The predicted molar refractivity (Wildman–Crippen MR) is 96.8 cm³/mol. The molecule has 2 heterocycles. The van der Waals surface area contributed by atoms with Gasteiger partial charge < -0.3 is 14.5 Å². The average Bonchev–Trinajstić information content (AvgIpc) is 2.61. The molecule has 3 rings (SSSR count). The number of anilines is 1. The Morgan fingerprint density at radius 1 is 1.08 bits per heavy atom. The summed E-state index contributed by atoms with van der Waals surface area (Å²) in [5.41, 5.74) is 2.76. The second-order valence-electron chi connectivity index (χ2n) is 6.32. The van der Waals surface area contributed by atoms with Crippen molar-refractivity contribution in [2.45, 2.75) is 20.5 Å². The fourth-order valence-electron chi connectivity index (χ4n) is 3.09. The molecule has 6 nitrogen and oxygen atoms in total. The lowest BCUT2D eigenvalue weighted by Crippen LogP contribution is -2.49. The van der Waals surface area contributed by atoms with Gasteiger partial charge in [0.15, 0.2) is 0 Å². The van der Waals surface area contributed by atoms with Gasteiger partial charge in [-0.05, 0) is 31.5 Å². The van der Waals surface area contributed by atoms with E-state index in [1.165, 1.54) is 0 Å². The van der Waals surface area contributed by atoms with E-state index in [9.17, 15) is 4.79 Å². The van der Waals surface area contributed by atoms with Crippen LogP contribution in [0, 0.1) is 13.8 Å². The lowest BCUT2D eigenvalue weighted by Gasteiger charge is -2.35. The summed E-state index contributed by atoms with van der Waals surface area (Å²) in [5.74, 6) is 1.81. The van der Waals surface area contributed by atoms with Crippen LogP contribution in [0.25, 0.3) is 0 Å². The lowest BCUT2D eigenvalue weighted by atomic mass is 10.1. The van der Waals surface area contributed by atoms with E-state index in [0.717, 1.165) is 41.6 Å².